The maximum Gasteiger partial charge on any atom is 0.263 e. The highest BCUT2D eigenvalue weighted by Crippen LogP contribution is 2.39. The molecule has 1 aliphatic heterocycles. The molecule has 194 valence electrons. The molecule has 37 heavy (non-hydrogen) atoms. The van der Waals surface area contributed by atoms with Crippen LogP contribution in [-0.4, -0.2) is 58.0 Å². The molecule has 1 aromatic carbocycles. The second kappa shape index (κ2) is 9.25. The Kier molecular flexibility index (Phi) is 6.03. The number of hydrogen-bond acceptors (Lipinski definition) is 8. The van der Waals surface area contributed by atoms with Crippen LogP contribution < -0.4 is 9.80 Å². The molecule has 0 radical (unpaired) electrons. The standard InChI is InChI=1S/C25H26F3N7OS/c1-13-10-34(12-19(36-13)15-9-29-35(11-15)16-5-6-16)24-30-20(17-7-4-14(22(27)28)8-18(17)26)21-23(31-24)32-25(37-21)33(2)3/h4,7-9,11,13,16,19,22H,5-6,10,12H2,1-3H3/t13-,19-/m1/s1. The summed E-state index contributed by atoms with van der Waals surface area (Å²) in [7, 11) is 3.72. The summed E-state index contributed by atoms with van der Waals surface area (Å²) < 4.78 is 50.3. The molecule has 0 bridgehead atoms. The lowest BCUT2D eigenvalue weighted by molar-refractivity contribution is -0.0178. The Morgan fingerprint density at radius 1 is 1.14 bits per heavy atom. The number of fused-ring (bicyclic) bond motifs is 1. The van der Waals surface area contributed by atoms with Gasteiger partial charge in [-0.1, -0.05) is 17.4 Å². The van der Waals surface area contributed by atoms with Gasteiger partial charge in [0.1, 0.15) is 16.6 Å². The molecule has 2 atom stereocenters. The molecule has 3 aromatic heterocycles. The first kappa shape index (κ1) is 24.1. The van der Waals surface area contributed by atoms with Crippen LogP contribution in [0.2, 0.25) is 0 Å². The first-order chi connectivity index (χ1) is 17.8. The fraction of sp³-hybridized carbons (Fsp3) is 0.440. The Hall–Kier alpha value is -3.25. The van der Waals surface area contributed by atoms with Gasteiger partial charge in [0.2, 0.25) is 5.95 Å². The topological polar surface area (TPSA) is 72.2 Å². The smallest absolute Gasteiger partial charge is 0.263 e. The molecule has 1 saturated carbocycles. The van der Waals surface area contributed by atoms with Gasteiger partial charge in [0.15, 0.2) is 10.8 Å². The summed E-state index contributed by atoms with van der Waals surface area (Å²) >= 11 is 1.33. The number of ether oxygens (including phenoxy) is 1. The van der Waals surface area contributed by atoms with E-state index in [0.717, 1.165) is 24.5 Å². The summed E-state index contributed by atoms with van der Waals surface area (Å²) in [5, 5.41) is 5.19. The molecule has 2 aliphatic rings. The van der Waals surface area contributed by atoms with E-state index in [-0.39, 0.29) is 23.3 Å². The number of anilines is 2. The van der Waals surface area contributed by atoms with Gasteiger partial charge < -0.3 is 14.5 Å². The van der Waals surface area contributed by atoms with E-state index in [1.807, 2.05) is 47.9 Å². The molecular weight excluding hydrogens is 503 g/mol. The predicted octanol–water partition coefficient (Wildman–Crippen LogP) is 5.39. The average Bonchev–Trinajstić information content (AvgIpc) is 3.42. The second-order valence-electron chi connectivity index (χ2n) is 9.78. The number of rotatable bonds is 6. The minimum absolute atomic E-state index is 0.111. The van der Waals surface area contributed by atoms with Crippen molar-refractivity contribution in [3.63, 3.8) is 0 Å². The zero-order valence-corrected chi connectivity index (χ0v) is 21.4. The molecule has 0 amide bonds. The Balaban J connectivity index is 1.41. The van der Waals surface area contributed by atoms with Crippen molar-refractivity contribution in [1.82, 2.24) is 24.7 Å². The van der Waals surface area contributed by atoms with Crippen molar-refractivity contribution in [2.24, 2.45) is 0 Å². The van der Waals surface area contributed by atoms with Crippen LogP contribution in [0.15, 0.2) is 30.6 Å². The molecule has 4 heterocycles. The van der Waals surface area contributed by atoms with Crippen molar-refractivity contribution in [2.75, 3.05) is 37.0 Å². The maximum atomic E-state index is 15.1. The van der Waals surface area contributed by atoms with Crippen molar-refractivity contribution in [3.8, 4) is 11.3 Å². The van der Waals surface area contributed by atoms with Crippen LogP contribution >= 0.6 is 11.3 Å². The summed E-state index contributed by atoms with van der Waals surface area (Å²) in [5.74, 6) is -0.366. The number of hydrogen-bond donors (Lipinski definition) is 0. The Morgan fingerprint density at radius 3 is 2.65 bits per heavy atom. The van der Waals surface area contributed by atoms with E-state index in [1.165, 1.54) is 23.5 Å². The largest absolute Gasteiger partial charge is 0.367 e. The van der Waals surface area contributed by atoms with Crippen LogP contribution in [0.5, 0.6) is 0 Å². The number of thiazole rings is 1. The molecule has 2 fully saturated rings. The van der Waals surface area contributed by atoms with E-state index in [1.54, 1.807) is 0 Å². The molecular formula is C25H26F3N7OS. The van der Waals surface area contributed by atoms with E-state index in [4.69, 9.17) is 14.7 Å². The highest BCUT2D eigenvalue weighted by atomic mass is 32.1. The van der Waals surface area contributed by atoms with E-state index in [9.17, 15) is 8.78 Å². The Bertz CT molecular complexity index is 1450. The Labute approximate surface area is 215 Å². The lowest BCUT2D eigenvalue weighted by atomic mass is 10.1. The summed E-state index contributed by atoms with van der Waals surface area (Å²) in [6, 6.07) is 3.93. The van der Waals surface area contributed by atoms with Crippen molar-refractivity contribution < 1.29 is 17.9 Å². The van der Waals surface area contributed by atoms with Gasteiger partial charge in [0, 0.05) is 43.5 Å². The van der Waals surface area contributed by atoms with Gasteiger partial charge in [-0.15, -0.1) is 0 Å². The fourth-order valence-electron chi connectivity index (χ4n) is 4.53. The number of nitrogens with zero attached hydrogens (tertiary/aromatic N) is 7. The number of alkyl halides is 2. The van der Waals surface area contributed by atoms with E-state index in [0.29, 0.717) is 46.3 Å². The normalized spacial score (nSPS) is 20.2. The summed E-state index contributed by atoms with van der Waals surface area (Å²) in [6.07, 6.45) is 3.07. The maximum absolute atomic E-state index is 15.1. The van der Waals surface area contributed by atoms with E-state index >= 15 is 4.39 Å². The third-order valence-corrected chi connectivity index (χ3v) is 7.79. The first-order valence-corrected chi connectivity index (χ1v) is 13.0. The molecule has 1 saturated heterocycles. The highest BCUT2D eigenvalue weighted by molar-refractivity contribution is 7.22. The molecule has 8 nitrogen and oxygen atoms in total. The summed E-state index contributed by atoms with van der Waals surface area (Å²) in [6.45, 7) is 3.01. The lowest BCUT2D eigenvalue weighted by Crippen LogP contribution is -2.43. The highest BCUT2D eigenvalue weighted by Gasteiger charge is 2.32. The number of benzene rings is 1. The van der Waals surface area contributed by atoms with E-state index < -0.39 is 12.2 Å². The lowest BCUT2D eigenvalue weighted by Gasteiger charge is -2.36. The van der Waals surface area contributed by atoms with Gasteiger partial charge >= 0.3 is 0 Å². The van der Waals surface area contributed by atoms with Gasteiger partial charge in [0.05, 0.1) is 30.6 Å². The first-order valence-electron chi connectivity index (χ1n) is 12.1. The third kappa shape index (κ3) is 4.63. The summed E-state index contributed by atoms with van der Waals surface area (Å²) in [4.78, 5) is 18.0. The predicted molar refractivity (Wildman–Crippen MR) is 136 cm³/mol. The van der Waals surface area contributed by atoms with Crippen LogP contribution in [0.4, 0.5) is 24.3 Å². The number of morpholine rings is 1. The second-order valence-corrected chi connectivity index (χ2v) is 10.8. The molecule has 0 unspecified atom stereocenters. The molecule has 6 rings (SSSR count). The molecule has 4 aromatic rings. The van der Waals surface area contributed by atoms with Crippen LogP contribution in [-0.2, 0) is 4.74 Å². The molecule has 0 N–H and O–H groups in total. The molecule has 1 aliphatic carbocycles. The van der Waals surface area contributed by atoms with Crippen molar-refractivity contribution in [2.45, 2.75) is 44.4 Å². The van der Waals surface area contributed by atoms with Crippen LogP contribution in [0.1, 0.15) is 49.5 Å². The van der Waals surface area contributed by atoms with E-state index in [2.05, 4.69) is 10.1 Å². The number of halogens is 3. The zero-order chi connectivity index (χ0) is 25.8. The SMILES string of the molecule is C[C@@H]1CN(c2nc(-c3ccc(C(F)F)cc3F)c3sc(N(C)C)nc3n2)C[C@H](c2cnn(C3CC3)c2)O1. The fourth-order valence-corrected chi connectivity index (χ4v) is 5.46. The van der Waals surface area contributed by atoms with Gasteiger partial charge in [-0.05, 0) is 31.9 Å². The summed E-state index contributed by atoms with van der Waals surface area (Å²) in [5.41, 5.74) is 1.52. The minimum Gasteiger partial charge on any atom is -0.367 e. The van der Waals surface area contributed by atoms with Gasteiger partial charge in [-0.2, -0.15) is 15.1 Å². The average molecular weight is 530 g/mol. The third-order valence-electron chi connectivity index (χ3n) is 6.57. The van der Waals surface area contributed by atoms with Crippen LogP contribution in [0.25, 0.3) is 21.6 Å². The zero-order valence-electron chi connectivity index (χ0n) is 20.6. The Morgan fingerprint density at radius 2 is 1.95 bits per heavy atom. The van der Waals surface area contributed by atoms with Crippen molar-refractivity contribution in [3.05, 3.63) is 47.5 Å². The van der Waals surface area contributed by atoms with Crippen LogP contribution in [0.3, 0.4) is 0 Å². The molecule has 0 spiro atoms. The quantitative estimate of drug-likeness (QED) is 0.331. The van der Waals surface area contributed by atoms with Crippen molar-refractivity contribution in [1.29, 1.82) is 0 Å². The minimum atomic E-state index is -2.76. The monoisotopic (exact) mass is 529 g/mol. The molecule has 12 heteroatoms. The van der Waals surface area contributed by atoms with Gasteiger partial charge in [-0.25, -0.2) is 18.2 Å². The van der Waals surface area contributed by atoms with Gasteiger partial charge in [0.25, 0.3) is 6.43 Å². The van der Waals surface area contributed by atoms with Crippen LogP contribution in [0, 0.1) is 5.82 Å². The van der Waals surface area contributed by atoms with Gasteiger partial charge in [-0.3, -0.25) is 4.68 Å². The number of aromatic nitrogens is 5. The van der Waals surface area contributed by atoms with Crippen molar-refractivity contribution >= 4 is 32.8 Å².